The van der Waals surface area contributed by atoms with Crippen molar-refractivity contribution in [1.29, 1.82) is 0 Å². The number of thiophene rings is 1. The second-order valence-electron chi connectivity index (χ2n) is 4.74. The second-order valence-corrected chi connectivity index (χ2v) is 5.76. The first-order valence-electron chi connectivity index (χ1n) is 6.43. The number of nitrogens with one attached hydrogen (secondary N) is 2. The SMILES string of the molecule is CCNC(=O)c1sc(NC(C)C(C)C)c(OC)c1N. The fraction of sp³-hybridized carbons (Fsp3) is 0.615. The molecule has 19 heavy (non-hydrogen) atoms. The smallest absolute Gasteiger partial charge is 0.263 e. The van der Waals surface area contributed by atoms with Gasteiger partial charge in [0, 0.05) is 12.6 Å². The van der Waals surface area contributed by atoms with E-state index in [2.05, 4.69) is 31.4 Å². The lowest BCUT2D eigenvalue weighted by molar-refractivity contribution is 0.0960. The van der Waals surface area contributed by atoms with Gasteiger partial charge in [0.2, 0.25) is 0 Å². The number of hydrogen-bond acceptors (Lipinski definition) is 5. The highest BCUT2D eigenvalue weighted by molar-refractivity contribution is 7.19. The Morgan fingerprint density at radius 1 is 1.42 bits per heavy atom. The van der Waals surface area contributed by atoms with Gasteiger partial charge in [0.25, 0.3) is 5.91 Å². The van der Waals surface area contributed by atoms with Crippen LogP contribution in [0, 0.1) is 5.92 Å². The molecule has 1 unspecified atom stereocenters. The van der Waals surface area contributed by atoms with Crippen LogP contribution in [0.3, 0.4) is 0 Å². The number of anilines is 2. The number of ether oxygens (including phenoxy) is 1. The summed E-state index contributed by atoms with van der Waals surface area (Å²) in [5.74, 6) is 0.869. The maximum Gasteiger partial charge on any atom is 0.263 e. The van der Waals surface area contributed by atoms with E-state index in [1.54, 1.807) is 7.11 Å². The van der Waals surface area contributed by atoms with Gasteiger partial charge in [0.1, 0.15) is 15.6 Å². The molecule has 0 aliphatic carbocycles. The average Bonchev–Trinajstić information content (AvgIpc) is 2.65. The zero-order chi connectivity index (χ0) is 14.6. The quantitative estimate of drug-likeness (QED) is 0.750. The molecule has 1 atom stereocenters. The van der Waals surface area contributed by atoms with E-state index in [0.29, 0.717) is 28.8 Å². The molecule has 1 heterocycles. The zero-order valence-corrected chi connectivity index (χ0v) is 13.0. The van der Waals surface area contributed by atoms with E-state index in [1.165, 1.54) is 11.3 Å². The van der Waals surface area contributed by atoms with Crippen LogP contribution in [0.5, 0.6) is 5.75 Å². The molecule has 0 aromatic carbocycles. The largest absolute Gasteiger partial charge is 0.492 e. The molecule has 0 aliphatic heterocycles. The number of methoxy groups -OCH3 is 1. The van der Waals surface area contributed by atoms with Crippen molar-refractivity contribution in [2.75, 3.05) is 24.7 Å². The molecule has 1 aromatic rings. The number of hydrogen-bond donors (Lipinski definition) is 3. The molecule has 6 heteroatoms. The standard InChI is InChI=1S/C13H23N3O2S/c1-6-15-12(17)11-9(14)10(18-5)13(19-11)16-8(4)7(2)3/h7-8,16H,6,14H2,1-5H3,(H,15,17). The summed E-state index contributed by atoms with van der Waals surface area (Å²) in [5.41, 5.74) is 6.38. The van der Waals surface area contributed by atoms with Gasteiger partial charge in [-0.3, -0.25) is 4.79 Å². The van der Waals surface area contributed by atoms with Crippen LogP contribution in [0.15, 0.2) is 0 Å². The van der Waals surface area contributed by atoms with Crippen molar-refractivity contribution in [3.63, 3.8) is 0 Å². The van der Waals surface area contributed by atoms with Gasteiger partial charge in [-0.2, -0.15) is 0 Å². The van der Waals surface area contributed by atoms with Crippen LogP contribution in [-0.2, 0) is 0 Å². The van der Waals surface area contributed by atoms with Gasteiger partial charge < -0.3 is 21.1 Å². The fourth-order valence-electron chi connectivity index (χ4n) is 1.51. The maximum atomic E-state index is 11.9. The molecule has 0 radical (unpaired) electrons. The monoisotopic (exact) mass is 285 g/mol. The van der Waals surface area contributed by atoms with E-state index in [0.717, 1.165) is 5.00 Å². The minimum Gasteiger partial charge on any atom is -0.492 e. The number of carbonyl (C=O) groups excluding carboxylic acids is 1. The third-order valence-electron chi connectivity index (χ3n) is 3.01. The van der Waals surface area contributed by atoms with Crippen molar-refractivity contribution in [2.45, 2.75) is 33.7 Å². The topological polar surface area (TPSA) is 76.4 Å². The maximum absolute atomic E-state index is 11.9. The van der Waals surface area contributed by atoms with E-state index in [-0.39, 0.29) is 11.9 Å². The second kappa shape index (κ2) is 6.65. The molecule has 0 bridgehead atoms. The number of carbonyl (C=O) groups is 1. The summed E-state index contributed by atoms with van der Waals surface area (Å²) < 4.78 is 5.31. The Morgan fingerprint density at radius 2 is 2.05 bits per heavy atom. The highest BCUT2D eigenvalue weighted by Gasteiger charge is 2.22. The summed E-state index contributed by atoms with van der Waals surface area (Å²) in [5, 5.41) is 6.91. The fourth-order valence-corrected chi connectivity index (χ4v) is 2.61. The van der Waals surface area contributed by atoms with Crippen molar-refractivity contribution in [2.24, 2.45) is 5.92 Å². The van der Waals surface area contributed by atoms with Crippen LogP contribution in [0.25, 0.3) is 0 Å². The molecule has 0 fully saturated rings. The third kappa shape index (κ3) is 3.53. The van der Waals surface area contributed by atoms with Gasteiger partial charge in [-0.1, -0.05) is 13.8 Å². The summed E-state index contributed by atoms with van der Waals surface area (Å²) >= 11 is 1.33. The van der Waals surface area contributed by atoms with Crippen LogP contribution in [0.1, 0.15) is 37.4 Å². The minimum absolute atomic E-state index is 0.159. The predicted octanol–water partition coefficient (Wildman–Crippen LogP) is 2.54. The average molecular weight is 285 g/mol. The van der Waals surface area contributed by atoms with Crippen LogP contribution in [0.2, 0.25) is 0 Å². The van der Waals surface area contributed by atoms with Crippen LogP contribution < -0.4 is 21.1 Å². The summed E-state index contributed by atoms with van der Waals surface area (Å²) in [7, 11) is 1.56. The molecule has 1 amide bonds. The van der Waals surface area contributed by atoms with Gasteiger partial charge >= 0.3 is 0 Å². The lowest BCUT2D eigenvalue weighted by Gasteiger charge is -2.18. The molecular formula is C13H23N3O2S. The first-order chi connectivity index (χ1) is 8.92. The number of nitrogen functional groups attached to an aromatic ring is 1. The Kier molecular flexibility index (Phi) is 5.47. The van der Waals surface area contributed by atoms with Crippen LogP contribution in [-0.4, -0.2) is 25.6 Å². The Labute approximate surface area is 118 Å². The molecule has 4 N–H and O–H groups in total. The van der Waals surface area contributed by atoms with Crippen molar-refractivity contribution < 1.29 is 9.53 Å². The Balaban J connectivity index is 3.05. The molecule has 0 spiro atoms. The zero-order valence-electron chi connectivity index (χ0n) is 12.2. The summed E-state index contributed by atoms with van der Waals surface area (Å²) in [6.45, 7) is 8.80. The Hall–Kier alpha value is -1.43. The summed E-state index contributed by atoms with van der Waals surface area (Å²) in [6, 6.07) is 0.272. The number of rotatable bonds is 6. The van der Waals surface area contributed by atoms with E-state index >= 15 is 0 Å². The van der Waals surface area contributed by atoms with E-state index in [9.17, 15) is 4.79 Å². The van der Waals surface area contributed by atoms with E-state index in [4.69, 9.17) is 10.5 Å². The van der Waals surface area contributed by atoms with E-state index < -0.39 is 0 Å². The molecule has 1 rings (SSSR count). The molecule has 108 valence electrons. The van der Waals surface area contributed by atoms with Gasteiger partial charge in [-0.15, -0.1) is 11.3 Å². The van der Waals surface area contributed by atoms with Gasteiger partial charge in [0.05, 0.1) is 7.11 Å². The van der Waals surface area contributed by atoms with Gasteiger partial charge in [-0.25, -0.2) is 0 Å². The molecule has 0 saturated heterocycles. The Bertz CT molecular complexity index is 443. The predicted molar refractivity (Wildman–Crippen MR) is 81.2 cm³/mol. The first-order valence-corrected chi connectivity index (χ1v) is 7.24. The van der Waals surface area contributed by atoms with Crippen molar-refractivity contribution in [1.82, 2.24) is 5.32 Å². The number of amides is 1. The molecule has 5 nitrogen and oxygen atoms in total. The van der Waals surface area contributed by atoms with Crippen molar-refractivity contribution in [3.05, 3.63) is 4.88 Å². The first kappa shape index (κ1) is 15.6. The third-order valence-corrected chi connectivity index (χ3v) is 4.12. The summed E-state index contributed by atoms with van der Waals surface area (Å²) in [4.78, 5) is 12.4. The van der Waals surface area contributed by atoms with Gasteiger partial charge in [0.15, 0.2) is 5.75 Å². The highest BCUT2D eigenvalue weighted by atomic mass is 32.1. The van der Waals surface area contributed by atoms with Gasteiger partial charge in [-0.05, 0) is 19.8 Å². The minimum atomic E-state index is -0.159. The summed E-state index contributed by atoms with van der Waals surface area (Å²) in [6.07, 6.45) is 0. The lowest BCUT2D eigenvalue weighted by atomic mass is 10.1. The molecule has 0 aliphatic rings. The highest BCUT2D eigenvalue weighted by Crippen LogP contribution is 2.42. The van der Waals surface area contributed by atoms with Crippen molar-refractivity contribution >= 4 is 27.9 Å². The lowest BCUT2D eigenvalue weighted by Crippen LogP contribution is -2.22. The number of nitrogens with two attached hydrogens (primary N) is 1. The Morgan fingerprint density at radius 3 is 2.53 bits per heavy atom. The normalized spacial score (nSPS) is 12.3. The molecular weight excluding hydrogens is 262 g/mol. The van der Waals surface area contributed by atoms with E-state index in [1.807, 2.05) is 6.92 Å². The van der Waals surface area contributed by atoms with Crippen LogP contribution >= 0.6 is 11.3 Å². The van der Waals surface area contributed by atoms with Crippen LogP contribution in [0.4, 0.5) is 10.7 Å². The van der Waals surface area contributed by atoms with Crippen molar-refractivity contribution in [3.8, 4) is 5.75 Å². The molecule has 1 aromatic heterocycles. The molecule has 0 saturated carbocycles.